The van der Waals surface area contributed by atoms with Crippen molar-refractivity contribution in [3.63, 3.8) is 0 Å². The molecule has 0 unspecified atom stereocenters. The Morgan fingerprint density at radius 2 is 1.16 bits per heavy atom. The largest absolute Gasteiger partial charge is 0.408 e. The predicted octanol–water partition coefficient (Wildman–Crippen LogP) is 7.77. The van der Waals surface area contributed by atoms with Crippen LogP contribution in [0.3, 0.4) is 0 Å². The molecule has 0 radical (unpaired) electrons. The highest BCUT2D eigenvalue weighted by Crippen LogP contribution is 2.32. The lowest BCUT2D eigenvalue weighted by Gasteiger charge is -2.19. The number of halogens is 8. The zero-order chi connectivity index (χ0) is 41.4. The lowest BCUT2D eigenvalue weighted by Crippen LogP contribution is -2.33. The third kappa shape index (κ3) is 9.45. The summed E-state index contributed by atoms with van der Waals surface area (Å²) in [5.41, 5.74) is 14.3. The van der Waals surface area contributed by atoms with E-state index < -0.39 is 24.4 Å². The van der Waals surface area contributed by atoms with Crippen LogP contribution in [0.15, 0.2) is 48.5 Å². The molecule has 20 heteroatoms. The summed E-state index contributed by atoms with van der Waals surface area (Å²) in [5.74, 6) is -0.102. The maximum Gasteiger partial charge on any atom is 0.408 e. The normalized spacial score (nSPS) is 14.7. The van der Waals surface area contributed by atoms with Crippen molar-refractivity contribution in [2.24, 2.45) is 5.73 Å². The average molecular weight is 852 g/mol. The fourth-order valence-electron chi connectivity index (χ4n) is 6.05. The van der Waals surface area contributed by atoms with Crippen molar-refractivity contribution in [1.29, 1.82) is 0 Å². The number of carbonyl (C=O) groups excluding carboxylic acids is 2. The molecule has 2 aliphatic rings. The van der Waals surface area contributed by atoms with Crippen molar-refractivity contribution >= 4 is 63.7 Å². The fourth-order valence-corrected chi connectivity index (χ4v) is 6.17. The lowest BCUT2D eigenvalue weighted by molar-refractivity contribution is -0.143. The fraction of sp³-hybridized carbons (Fsp3) is 0.316. The molecule has 0 spiro atoms. The number of amides is 2. The molecule has 7 N–H and O–H groups in total. The molecule has 2 aliphatic heterocycles. The van der Waals surface area contributed by atoms with E-state index in [1.807, 2.05) is 31.2 Å². The second-order valence-electron chi connectivity index (χ2n) is 13.5. The van der Waals surface area contributed by atoms with Gasteiger partial charge in [-0.05, 0) is 52.0 Å². The Balaban J connectivity index is 0.000000191. The number of hydrogen-bond donors (Lipinski definition) is 6. The molecule has 6 heterocycles. The number of hydrogen-bond acceptors (Lipinski definition) is 8. The zero-order valence-corrected chi connectivity index (χ0v) is 32.9. The number of fused-ring (bicyclic) bond motifs is 4. The highest BCUT2D eigenvalue weighted by molar-refractivity contribution is 6.30. The Hall–Kier alpha value is -5.46. The molecule has 0 saturated carbocycles. The maximum atomic E-state index is 12.9. The van der Waals surface area contributed by atoms with E-state index in [0.29, 0.717) is 69.5 Å². The molecule has 308 valence electrons. The van der Waals surface area contributed by atoms with E-state index >= 15 is 0 Å². The van der Waals surface area contributed by atoms with E-state index in [0.717, 1.165) is 53.9 Å². The summed E-state index contributed by atoms with van der Waals surface area (Å²) < 4.78 is 72.0. The smallest absolute Gasteiger partial charge is 0.358 e. The number of rotatable bonds is 4. The van der Waals surface area contributed by atoms with Crippen LogP contribution in [0.4, 0.5) is 32.2 Å². The Morgan fingerprint density at radius 3 is 1.59 bits per heavy atom. The highest BCUT2D eigenvalue weighted by atomic mass is 35.5. The minimum atomic E-state index is -4.39. The third-order valence-electron chi connectivity index (χ3n) is 9.23. The summed E-state index contributed by atoms with van der Waals surface area (Å²) in [6.45, 7) is 6.60. The number of aryl methyl sites for hydroxylation is 2. The summed E-state index contributed by atoms with van der Waals surface area (Å²) >= 11 is 6.12. The Morgan fingerprint density at radius 1 is 0.707 bits per heavy atom. The molecule has 0 fully saturated rings. The molecular weight excluding hydrogens is 813 g/mol. The van der Waals surface area contributed by atoms with Crippen LogP contribution in [0.5, 0.6) is 0 Å². The van der Waals surface area contributed by atoms with Crippen molar-refractivity contribution in [2.45, 2.75) is 65.0 Å². The summed E-state index contributed by atoms with van der Waals surface area (Å²) in [4.78, 5) is 48.3. The quantitative estimate of drug-likeness (QED) is 0.0974. The van der Waals surface area contributed by atoms with Gasteiger partial charge in [-0.2, -0.15) is 26.3 Å². The number of benzene rings is 2. The van der Waals surface area contributed by atoms with Gasteiger partial charge in [0.1, 0.15) is 17.4 Å². The van der Waals surface area contributed by atoms with Gasteiger partial charge in [0.15, 0.2) is 5.15 Å². The van der Waals surface area contributed by atoms with Crippen LogP contribution in [0, 0.1) is 13.8 Å². The second-order valence-corrected chi connectivity index (χ2v) is 13.9. The van der Waals surface area contributed by atoms with E-state index in [2.05, 4.69) is 51.6 Å². The Labute approximate surface area is 338 Å². The number of nitrogens with two attached hydrogens (primary N) is 1. The van der Waals surface area contributed by atoms with Gasteiger partial charge in [-0.15, -0.1) is 12.4 Å². The molecule has 2 atom stereocenters. The molecule has 2 aromatic carbocycles. The monoisotopic (exact) mass is 850 g/mol. The van der Waals surface area contributed by atoms with Crippen molar-refractivity contribution in [3.8, 4) is 22.5 Å². The Bertz CT molecular complexity index is 2480. The van der Waals surface area contributed by atoms with Crippen LogP contribution in [-0.4, -0.2) is 79.2 Å². The van der Waals surface area contributed by atoms with E-state index in [1.54, 1.807) is 31.2 Å². The van der Waals surface area contributed by atoms with Gasteiger partial charge in [0.05, 0.1) is 45.1 Å². The van der Waals surface area contributed by atoms with Gasteiger partial charge in [-0.25, -0.2) is 19.9 Å². The van der Waals surface area contributed by atoms with Gasteiger partial charge >= 0.3 is 12.4 Å². The SMILES string of the molecule is C[C@@H](N)C(F)(F)F.Cc1nc2cccc(-c3cc4c([nH]3)CCNC4=O)c2nc1Cl.Cc1nc2cccc(-c3cc4c([nH]3)CCNC4=O)c2nc1N[C@@H](C)C(F)(F)F.Cl. The van der Waals surface area contributed by atoms with Crippen LogP contribution < -0.4 is 21.7 Å². The molecule has 12 nitrogen and oxygen atoms in total. The number of carbonyl (C=O) groups is 2. The number of para-hydroxylation sites is 2. The van der Waals surface area contributed by atoms with E-state index in [-0.39, 0.29) is 30.0 Å². The summed E-state index contributed by atoms with van der Waals surface area (Å²) in [6, 6.07) is 11.3. The molecule has 0 aliphatic carbocycles. The number of aromatic nitrogens is 6. The predicted molar refractivity (Wildman–Crippen MR) is 211 cm³/mol. The van der Waals surface area contributed by atoms with Gasteiger partial charge in [0.2, 0.25) is 0 Å². The van der Waals surface area contributed by atoms with Crippen LogP contribution in [-0.2, 0) is 12.8 Å². The molecular formula is C38H38Cl2F6N10O2. The van der Waals surface area contributed by atoms with Crippen molar-refractivity contribution in [2.75, 3.05) is 18.4 Å². The summed E-state index contributed by atoms with van der Waals surface area (Å²) in [7, 11) is 0. The van der Waals surface area contributed by atoms with Gasteiger partial charge in [-0.1, -0.05) is 35.9 Å². The van der Waals surface area contributed by atoms with Gasteiger partial charge in [0.25, 0.3) is 11.8 Å². The first-order valence-corrected chi connectivity index (χ1v) is 18.1. The van der Waals surface area contributed by atoms with Gasteiger partial charge in [0, 0.05) is 59.8 Å². The second kappa shape index (κ2) is 17.2. The zero-order valence-electron chi connectivity index (χ0n) is 31.3. The van der Waals surface area contributed by atoms with Crippen LogP contribution >= 0.6 is 24.0 Å². The minimum Gasteiger partial charge on any atom is -0.358 e. The number of anilines is 1. The van der Waals surface area contributed by atoms with Crippen LogP contribution in [0.25, 0.3) is 44.6 Å². The number of nitrogens with one attached hydrogen (secondary N) is 5. The first kappa shape index (κ1) is 43.7. The first-order valence-electron chi connectivity index (χ1n) is 17.7. The van der Waals surface area contributed by atoms with Gasteiger partial charge in [-0.3, -0.25) is 9.59 Å². The van der Waals surface area contributed by atoms with Crippen LogP contribution in [0.1, 0.15) is 57.3 Å². The maximum absolute atomic E-state index is 12.9. The molecule has 0 saturated heterocycles. The van der Waals surface area contributed by atoms with Crippen molar-refractivity contribution in [1.82, 2.24) is 40.5 Å². The molecule has 8 rings (SSSR count). The first-order chi connectivity index (χ1) is 26.8. The third-order valence-corrected chi connectivity index (χ3v) is 9.59. The van der Waals surface area contributed by atoms with E-state index in [4.69, 9.17) is 11.6 Å². The summed E-state index contributed by atoms with van der Waals surface area (Å²) in [6.07, 6.45) is -7.13. The van der Waals surface area contributed by atoms with Gasteiger partial charge < -0.3 is 31.7 Å². The molecule has 4 aromatic heterocycles. The molecule has 2 amide bonds. The highest BCUT2D eigenvalue weighted by Gasteiger charge is 2.36. The molecule has 58 heavy (non-hydrogen) atoms. The minimum absolute atomic E-state index is 0. The standard InChI is InChI=1S/C19H18F3N5O.C16H13ClN4O.C3H6F3N.ClH/c1-9-17(25-10(2)19(20,21)22)27-16-11(4-3-5-14(16)24-9)15-8-12-13(26-15)6-7-23-18(12)28;1-8-15(17)21-14-9(3-2-4-12(14)19-8)13-7-10-11(20-13)5-6-18-16(10)22;1-2(7)3(4,5)6;/h3-5,8,10,26H,6-7H2,1-2H3,(H,23,28)(H,25,27);2-4,7,20H,5-6H2,1H3,(H,18,22);2H,7H2,1H3;1H/t10-;;2-;/m0.1./s1. The number of H-pyrrole nitrogens is 2. The molecule has 0 bridgehead atoms. The topological polar surface area (TPSA) is 179 Å². The number of alkyl halides is 6. The number of nitrogens with zero attached hydrogens (tertiary/aromatic N) is 4. The lowest BCUT2D eigenvalue weighted by atomic mass is 10.1. The van der Waals surface area contributed by atoms with Crippen molar-refractivity contribution < 1.29 is 35.9 Å². The Kier molecular flexibility index (Phi) is 12.9. The summed E-state index contributed by atoms with van der Waals surface area (Å²) in [5, 5.41) is 8.44. The van der Waals surface area contributed by atoms with Crippen molar-refractivity contribution in [3.05, 3.63) is 87.6 Å². The average Bonchev–Trinajstić information content (AvgIpc) is 3.78. The molecule has 6 aromatic rings. The van der Waals surface area contributed by atoms with Crippen LogP contribution in [0.2, 0.25) is 5.15 Å². The van der Waals surface area contributed by atoms with E-state index in [1.165, 1.54) is 0 Å². The van der Waals surface area contributed by atoms with E-state index in [9.17, 15) is 35.9 Å². The number of aromatic amines is 2.